The van der Waals surface area contributed by atoms with Gasteiger partial charge in [0.2, 0.25) is 5.89 Å². The number of nitrogens with one attached hydrogen (secondary N) is 1. The van der Waals surface area contributed by atoms with Crippen LogP contribution in [-0.2, 0) is 6.54 Å². The van der Waals surface area contributed by atoms with Crippen LogP contribution in [0, 0.1) is 12.7 Å². The van der Waals surface area contributed by atoms with Gasteiger partial charge in [0.25, 0.3) is 0 Å². The molecule has 7 heteroatoms. The highest BCUT2D eigenvalue weighted by Crippen LogP contribution is 2.20. The van der Waals surface area contributed by atoms with E-state index in [9.17, 15) is 9.18 Å². The number of halogens is 1. The summed E-state index contributed by atoms with van der Waals surface area (Å²) >= 11 is 0. The van der Waals surface area contributed by atoms with Crippen LogP contribution in [0.5, 0.6) is 0 Å². The van der Waals surface area contributed by atoms with E-state index < -0.39 is 11.8 Å². The second-order valence-corrected chi connectivity index (χ2v) is 3.56. The van der Waals surface area contributed by atoms with E-state index in [4.69, 9.17) is 9.63 Å². The van der Waals surface area contributed by atoms with Crippen LogP contribution in [0.2, 0.25) is 0 Å². The number of carboxylic acids is 1. The van der Waals surface area contributed by atoms with Crippen LogP contribution in [0.4, 0.5) is 10.1 Å². The SMILES string of the molecule is Cc1noc(CNc2c(F)cccc2C(=O)O)n1. The number of para-hydroxylation sites is 1. The standard InChI is InChI=1S/C11H10FN3O3/c1-6-14-9(18-15-6)5-13-10-7(11(16)17)3-2-4-8(10)12/h2-4,13H,5H2,1H3,(H,16,17). The van der Waals surface area contributed by atoms with Crippen LogP contribution < -0.4 is 5.32 Å². The Morgan fingerprint density at radius 1 is 1.56 bits per heavy atom. The van der Waals surface area contributed by atoms with Crippen molar-refractivity contribution < 1.29 is 18.8 Å². The Kier molecular flexibility index (Phi) is 3.22. The topological polar surface area (TPSA) is 88.2 Å². The van der Waals surface area contributed by atoms with E-state index in [2.05, 4.69) is 15.5 Å². The number of carboxylic acid groups (broad SMARTS) is 1. The van der Waals surface area contributed by atoms with Gasteiger partial charge in [0.05, 0.1) is 17.8 Å². The van der Waals surface area contributed by atoms with E-state index in [0.717, 1.165) is 0 Å². The van der Waals surface area contributed by atoms with Crippen molar-refractivity contribution in [2.45, 2.75) is 13.5 Å². The molecule has 94 valence electrons. The lowest BCUT2D eigenvalue weighted by molar-refractivity contribution is 0.0697. The molecule has 0 unspecified atom stereocenters. The lowest BCUT2D eigenvalue weighted by Crippen LogP contribution is -2.08. The summed E-state index contributed by atoms with van der Waals surface area (Å²) in [5, 5.41) is 15.1. The first-order valence-electron chi connectivity index (χ1n) is 5.13. The lowest BCUT2D eigenvalue weighted by atomic mass is 10.1. The first-order valence-corrected chi connectivity index (χ1v) is 5.13. The van der Waals surface area contributed by atoms with Gasteiger partial charge in [0, 0.05) is 0 Å². The molecule has 0 bridgehead atoms. The molecular formula is C11H10FN3O3. The molecule has 0 spiro atoms. The Morgan fingerprint density at radius 2 is 2.33 bits per heavy atom. The molecule has 0 aliphatic rings. The summed E-state index contributed by atoms with van der Waals surface area (Å²) in [6.45, 7) is 1.71. The zero-order chi connectivity index (χ0) is 13.1. The van der Waals surface area contributed by atoms with Crippen molar-refractivity contribution in [1.29, 1.82) is 0 Å². The van der Waals surface area contributed by atoms with Crippen molar-refractivity contribution in [3.05, 3.63) is 41.3 Å². The predicted octanol–water partition coefficient (Wildman–Crippen LogP) is 1.83. The minimum atomic E-state index is -1.21. The van der Waals surface area contributed by atoms with Gasteiger partial charge in [-0.25, -0.2) is 9.18 Å². The summed E-state index contributed by atoms with van der Waals surface area (Å²) in [6.07, 6.45) is 0. The van der Waals surface area contributed by atoms with Gasteiger partial charge in [0.15, 0.2) is 5.82 Å². The number of aryl methyl sites for hydroxylation is 1. The van der Waals surface area contributed by atoms with E-state index in [1.807, 2.05) is 0 Å². The summed E-state index contributed by atoms with van der Waals surface area (Å²) < 4.78 is 18.4. The number of nitrogens with zero attached hydrogens (tertiary/aromatic N) is 2. The molecule has 0 fully saturated rings. The monoisotopic (exact) mass is 251 g/mol. The quantitative estimate of drug-likeness (QED) is 0.861. The number of carbonyl (C=O) groups is 1. The molecule has 1 aromatic carbocycles. The van der Waals surface area contributed by atoms with Crippen LogP contribution in [0.3, 0.4) is 0 Å². The molecule has 2 N–H and O–H groups in total. The number of benzene rings is 1. The largest absolute Gasteiger partial charge is 0.478 e. The fraction of sp³-hybridized carbons (Fsp3) is 0.182. The molecule has 0 saturated carbocycles. The van der Waals surface area contributed by atoms with Crippen molar-refractivity contribution in [3.63, 3.8) is 0 Å². The molecule has 2 aromatic rings. The lowest BCUT2D eigenvalue weighted by Gasteiger charge is -2.08. The Balaban J connectivity index is 2.20. The first kappa shape index (κ1) is 12.0. The average molecular weight is 251 g/mol. The summed E-state index contributed by atoms with van der Waals surface area (Å²) in [5.41, 5.74) is -0.243. The molecule has 0 atom stereocenters. The van der Waals surface area contributed by atoms with Crippen molar-refractivity contribution in [1.82, 2.24) is 10.1 Å². The zero-order valence-corrected chi connectivity index (χ0v) is 9.48. The number of hydrogen-bond acceptors (Lipinski definition) is 5. The molecule has 0 saturated heterocycles. The third-order valence-corrected chi connectivity index (χ3v) is 2.23. The number of aromatic carboxylic acids is 1. The average Bonchev–Trinajstić information content (AvgIpc) is 2.73. The van der Waals surface area contributed by atoms with Gasteiger partial charge < -0.3 is 14.9 Å². The van der Waals surface area contributed by atoms with Gasteiger partial charge in [-0.05, 0) is 19.1 Å². The van der Waals surface area contributed by atoms with E-state index in [-0.39, 0.29) is 23.7 Å². The molecule has 2 rings (SSSR count). The maximum Gasteiger partial charge on any atom is 0.337 e. The molecule has 0 radical (unpaired) electrons. The van der Waals surface area contributed by atoms with E-state index in [1.54, 1.807) is 6.92 Å². The van der Waals surface area contributed by atoms with Gasteiger partial charge >= 0.3 is 5.97 Å². The molecular weight excluding hydrogens is 241 g/mol. The van der Waals surface area contributed by atoms with E-state index in [1.165, 1.54) is 18.2 Å². The van der Waals surface area contributed by atoms with E-state index in [0.29, 0.717) is 5.82 Å². The second kappa shape index (κ2) is 4.82. The minimum absolute atomic E-state index is 0.0576. The highest BCUT2D eigenvalue weighted by atomic mass is 19.1. The summed E-state index contributed by atoms with van der Waals surface area (Å²) in [5.74, 6) is -1.14. The van der Waals surface area contributed by atoms with Gasteiger partial charge in [-0.15, -0.1) is 0 Å². The van der Waals surface area contributed by atoms with Gasteiger partial charge in [-0.1, -0.05) is 11.2 Å². The van der Waals surface area contributed by atoms with Crippen LogP contribution in [-0.4, -0.2) is 21.2 Å². The number of hydrogen-bond donors (Lipinski definition) is 2. The molecule has 1 aromatic heterocycles. The third-order valence-electron chi connectivity index (χ3n) is 2.23. The second-order valence-electron chi connectivity index (χ2n) is 3.56. The summed E-state index contributed by atoms with van der Waals surface area (Å²) in [6, 6.07) is 3.82. The number of aromatic nitrogens is 2. The molecule has 0 aliphatic carbocycles. The van der Waals surface area contributed by atoms with Crippen LogP contribution in [0.1, 0.15) is 22.1 Å². The third kappa shape index (κ3) is 2.45. The molecule has 18 heavy (non-hydrogen) atoms. The highest BCUT2D eigenvalue weighted by molar-refractivity contribution is 5.94. The summed E-state index contributed by atoms with van der Waals surface area (Å²) in [4.78, 5) is 14.9. The number of anilines is 1. The van der Waals surface area contributed by atoms with Gasteiger partial charge in [-0.2, -0.15) is 4.98 Å². The molecule has 0 amide bonds. The van der Waals surface area contributed by atoms with Crippen LogP contribution >= 0.6 is 0 Å². The predicted molar refractivity (Wildman–Crippen MR) is 59.7 cm³/mol. The van der Waals surface area contributed by atoms with Crippen molar-refractivity contribution >= 4 is 11.7 Å². The Morgan fingerprint density at radius 3 is 2.94 bits per heavy atom. The Labute approximate surface area is 101 Å². The van der Waals surface area contributed by atoms with Crippen molar-refractivity contribution in [2.24, 2.45) is 0 Å². The van der Waals surface area contributed by atoms with Crippen LogP contribution in [0.25, 0.3) is 0 Å². The minimum Gasteiger partial charge on any atom is -0.478 e. The molecule has 1 heterocycles. The smallest absolute Gasteiger partial charge is 0.337 e. The highest BCUT2D eigenvalue weighted by Gasteiger charge is 2.14. The van der Waals surface area contributed by atoms with Crippen molar-refractivity contribution in [3.8, 4) is 0 Å². The normalized spacial score (nSPS) is 10.3. The maximum absolute atomic E-state index is 13.5. The Hall–Kier alpha value is -2.44. The van der Waals surface area contributed by atoms with Gasteiger partial charge in [0.1, 0.15) is 5.82 Å². The fourth-order valence-electron chi connectivity index (χ4n) is 1.46. The van der Waals surface area contributed by atoms with Crippen LogP contribution in [0.15, 0.2) is 22.7 Å². The van der Waals surface area contributed by atoms with Gasteiger partial charge in [-0.3, -0.25) is 0 Å². The molecule has 6 nitrogen and oxygen atoms in total. The maximum atomic E-state index is 13.5. The Bertz CT molecular complexity index is 583. The molecule has 0 aliphatic heterocycles. The zero-order valence-electron chi connectivity index (χ0n) is 9.48. The fourth-order valence-corrected chi connectivity index (χ4v) is 1.46. The number of rotatable bonds is 4. The van der Waals surface area contributed by atoms with E-state index >= 15 is 0 Å². The summed E-state index contributed by atoms with van der Waals surface area (Å²) in [7, 11) is 0. The first-order chi connectivity index (χ1) is 8.58. The van der Waals surface area contributed by atoms with Crippen molar-refractivity contribution in [2.75, 3.05) is 5.32 Å².